The SMILES string of the molecule is O=C(CSc1nnc(-c2cccc(Cl)c2)o1)Nc1ccc([N+](=O)[O-])cc1. The lowest BCUT2D eigenvalue weighted by Crippen LogP contribution is -2.13. The fourth-order valence-corrected chi connectivity index (χ4v) is 2.75. The lowest BCUT2D eigenvalue weighted by molar-refractivity contribution is -0.384. The number of thioether (sulfide) groups is 1. The Labute approximate surface area is 156 Å². The minimum Gasteiger partial charge on any atom is -0.411 e. The number of non-ortho nitro benzene ring substituents is 1. The number of halogens is 1. The number of carbonyl (C=O) groups excluding carboxylic acids is 1. The topological polar surface area (TPSA) is 111 Å². The van der Waals surface area contributed by atoms with Gasteiger partial charge in [0.15, 0.2) is 0 Å². The van der Waals surface area contributed by atoms with E-state index >= 15 is 0 Å². The van der Waals surface area contributed by atoms with Crippen molar-refractivity contribution in [2.75, 3.05) is 11.1 Å². The van der Waals surface area contributed by atoms with E-state index in [1.165, 1.54) is 24.3 Å². The van der Waals surface area contributed by atoms with E-state index in [2.05, 4.69) is 15.5 Å². The summed E-state index contributed by atoms with van der Waals surface area (Å²) < 4.78 is 5.49. The Kier molecular flexibility index (Phi) is 5.49. The van der Waals surface area contributed by atoms with E-state index in [1.54, 1.807) is 24.3 Å². The maximum Gasteiger partial charge on any atom is 0.277 e. The van der Waals surface area contributed by atoms with Crippen molar-refractivity contribution < 1.29 is 14.1 Å². The molecule has 10 heteroatoms. The van der Waals surface area contributed by atoms with Crippen molar-refractivity contribution in [2.24, 2.45) is 0 Å². The zero-order chi connectivity index (χ0) is 18.5. The van der Waals surface area contributed by atoms with Gasteiger partial charge >= 0.3 is 0 Å². The zero-order valence-corrected chi connectivity index (χ0v) is 14.7. The van der Waals surface area contributed by atoms with E-state index in [4.69, 9.17) is 16.0 Å². The molecule has 1 aromatic heterocycles. The summed E-state index contributed by atoms with van der Waals surface area (Å²) in [6, 6.07) is 12.6. The minimum atomic E-state index is -0.505. The summed E-state index contributed by atoms with van der Waals surface area (Å²) in [6.07, 6.45) is 0. The Hall–Kier alpha value is -2.91. The number of anilines is 1. The molecule has 3 aromatic rings. The van der Waals surface area contributed by atoms with Gasteiger partial charge in [0, 0.05) is 28.4 Å². The largest absolute Gasteiger partial charge is 0.411 e. The molecule has 26 heavy (non-hydrogen) atoms. The van der Waals surface area contributed by atoms with E-state index in [-0.39, 0.29) is 22.6 Å². The number of amides is 1. The van der Waals surface area contributed by atoms with E-state index < -0.39 is 4.92 Å². The molecule has 0 saturated heterocycles. The van der Waals surface area contributed by atoms with Crippen LogP contribution in [0.1, 0.15) is 0 Å². The average Bonchev–Trinajstić information content (AvgIpc) is 3.09. The van der Waals surface area contributed by atoms with Crippen LogP contribution < -0.4 is 5.32 Å². The molecule has 1 heterocycles. The number of carbonyl (C=O) groups is 1. The molecule has 8 nitrogen and oxygen atoms in total. The van der Waals surface area contributed by atoms with Gasteiger partial charge in [-0.3, -0.25) is 14.9 Å². The van der Waals surface area contributed by atoms with Crippen molar-refractivity contribution in [2.45, 2.75) is 5.22 Å². The predicted molar refractivity (Wildman–Crippen MR) is 97.2 cm³/mol. The lowest BCUT2D eigenvalue weighted by atomic mass is 10.2. The molecule has 0 fully saturated rings. The lowest BCUT2D eigenvalue weighted by Gasteiger charge is -2.03. The van der Waals surface area contributed by atoms with Crippen LogP contribution in [0.25, 0.3) is 11.5 Å². The first-order chi connectivity index (χ1) is 12.5. The van der Waals surface area contributed by atoms with Crippen molar-refractivity contribution in [3.8, 4) is 11.5 Å². The Morgan fingerprint density at radius 3 is 2.69 bits per heavy atom. The summed E-state index contributed by atoms with van der Waals surface area (Å²) in [4.78, 5) is 22.0. The number of nitro groups is 1. The third-order valence-electron chi connectivity index (χ3n) is 3.17. The highest BCUT2D eigenvalue weighted by Gasteiger charge is 2.12. The summed E-state index contributed by atoms with van der Waals surface area (Å²) in [6.45, 7) is 0. The molecule has 2 aromatic carbocycles. The number of nitro benzene ring substituents is 1. The van der Waals surface area contributed by atoms with E-state index in [0.29, 0.717) is 22.2 Å². The molecule has 0 spiro atoms. The summed E-state index contributed by atoms with van der Waals surface area (Å²) in [5.74, 6) is 0.0610. The molecule has 0 aliphatic carbocycles. The number of hydrogen-bond donors (Lipinski definition) is 1. The third kappa shape index (κ3) is 4.58. The molecule has 0 radical (unpaired) electrons. The minimum absolute atomic E-state index is 0.0446. The smallest absolute Gasteiger partial charge is 0.277 e. The van der Waals surface area contributed by atoms with Gasteiger partial charge in [0.25, 0.3) is 10.9 Å². The maximum atomic E-state index is 12.0. The molecule has 0 unspecified atom stereocenters. The van der Waals surface area contributed by atoms with Gasteiger partial charge in [-0.25, -0.2) is 0 Å². The quantitative estimate of drug-likeness (QED) is 0.384. The fraction of sp³-hybridized carbons (Fsp3) is 0.0625. The Balaban J connectivity index is 1.55. The van der Waals surface area contributed by atoms with Crippen LogP contribution in [0, 0.1) is 10.1 Å². The summed E-state index contributed by atoms with van der Waals surface area (Å²) in [7, 11) is 0. The number of hydrogen-bond acceptors (Lipinski definition) is 7. The summed E-state index contributed by atoms with van der Waals surface area (Å²) in [5.41, 5.74) is 1.11. The number of rotatable bonds is 6. The van der Waals surface area contributed by atoms with Gasteiger partial charge in [0.05, 0.1) is 10.7 Å². The van der Waals surface area contributed by atoms with Crippen molar-refractivity contribution >= 4 is 40.6 Å². The number of aromatic nitrogens is 2. The molecular weight excluding hydrogens is 380 g/mol. The van der Waals surface area contributed by atoms with Crippen LogP contribution in [-0.2, 0) is 4.79 Å². The van der Waals surface area contributed by atoms with Crippen LogP contribution in [0.3, 0.4) is 0 Å². The van der Waals surface area contributed by atoms with Crippen LogP contribution in [0.4, 0.5) is 11.4 Å². The molecule has 0 saturated carbocycles. The highest BCUT2D eigenvalue weighted by atomic mass is 35.5. The van der Waals surface area contributed by atoms with Gasteiger partial charge in [-0.2, -0.15) is 0 Å². The van der Waals surface area contributed by atoms with Gasteiger partial charge < -0.3 is 9.73 Å². The van der Waals surface area contributed by atoms with E-state index in [1.807, 2.05) is 0 Å². The van der Waals surface area contributed by atoms with Crippen LogP contribution in [-0.4, -0.2) is 26.8 Å². The zero-order valence-electron chi connectivity index (χ0n) is 13.1. The van der Waals surface area contributed by atoms with Crippen molar-refractivity contribution in [1.29, 1.82) is 0 Å². The first-order valence-electron chi connectivity index (χ1n) is 7.28. The van der Waals surface area contributed by atoms with Crippen molar-refractivity contribution in [1.82, 2.24) is 10.2 Å². The van der Waals surface area contributed by atoms with Gasteiger partial charge in [-0.05, 0) is 30.3 Å². The van der Waals surface area contributed by atoms with Crippen LogP contribution >= 0.6 is 23.4 Å². The normalized spacial score (nSPS) is 10.5. The van der Waals surface area contributed by atoms with Gasteiger partial charge in [0.2, 0.25) is 11.8 Å². The van der Waals surface area contributed by atoms with E-state index in [0.717, 1.165) is 11.8 Å². The van der Waals surface area contributed by atoms with Gasteiger partial charge in [-0.15, -0.1) is 10.2 Å². The molecule has 0 atom stereocenters. The second-order valence-corrected chi connectivity index (χ2v) is 6.39. The van der Waals surface area contributed by atoms with Crippen LogP contribution in [0.15, 0.2) is 58.2 Å². The monoisotopic (exact) mass is 390 g/mol. The molecule has 1 amide bonds. The first kappa shape index (κ1) is 17.9. The second kappa shape index (κ2) is 7.98. The molecule has 0 bridgehead atoms. The van der Waals surface area contributed by atoms with Gasteiger partial charge in [-0.1, -0.05) is 29.4 Å². The van der Waals surface area contributed by atoms with Crippen LogP contribution in [0.5, 0.6) is 0 Å². The van der Waals surface area contributed by atoms with E-state index in [9.17, 15) is 14.9 Å². The summed E-state index contributed by atoms with van der Waals surface area (Å²) >= 11 is 7.01. The van der Waals surface area contributed by atoms with Crippen LogP contribution in [0.2, 0.25) is 5.02 Å². The van der Waals surface area contributed by atoms with Crippen molar-refractivity contribution in [3.05, 3.63) is 63.7 Å². The molecule has 0 aliphatic rings. The fourth-order valence-electron chi connectivity index (χ4n) is 2.00. The van der Waals surface area contributed by atoms with Crippen molar-refractivity contribution in [3.63, 3.8) is 0 Å². The number of benzene rings is 2. The molecule has 132 valence electrons. The third-order valence-corrected chi connectivity index (χ3v) is 4.22. The Morgan fingerprint density at radius 2 is 2.00 bits per heavy atom. The molecular formula is C16H11ClN4O4S. The standard InChI is InChI=1S/C16H11ClN4O4S/c17-11-3-1-2-10(8-11)15-19-20-16(25-15)26-9-14(22)18-12-4-6-13(7-5-12)21(23)24/h1-8H,9H2,(H,18,22). The maximum absolute atomic E-state index is 12.0. The highest BCUT2D eigenvalue weighted by Crippen LogP contribution is 2.25. The Bertz CT molecular complexity index is 945. The molecule has 0 aliphatic heterocycles. The Morgan fingerprint density at radius 1 is 1.23 bits per heavy atom. The number of nitrogens with one attached hydrogen (secondary N) is 1. The molecule has 3 rings (SSSR count). The first-order valence-corrected chi connectivity index (χ1v) is 8.64. The predicted octanol–water partition coefficient (Wildman–Crippen LogP) is 4.03. The average molecular weight is 391 g/mol. The second-order valence-electron chi connectivity index (χ2n) is 5.02. The van der Waals surface area contributed by atoms with Gasteiger partial charge in [0.1, 0.15) is 0 Å². The summed E-state index contributed by atoms with van der Waals surface area (Å²) in [5, 5.41) is 21.8. The highest BCUT2D eigenvalue weighted by molar-refractivity contribution is 7.99. The molecule has 1 N–H and O–H groups in total. The number of nitrogens with zero attached hydrogens (tertiary/aromatic N) is 3.